The number of esters is 2. The summed E-state index contributed by atoms with van der Waals surface area (Å²) in [7, 11) is 0. The van der Waals surface area contributed by atoms with E-state index in [-0.39, 0.29) is 19.4 Å². The summed E-state index contributed by atoms with van der Waals surface area (Å²) in [5.74, 6) is -0.981. The molecule has 0 radical (unpaired) electrons. The van der Waals surface area contributed by atoms with Crippen molar-refractivity contribution in [1.29, 1.82) is 0 Å². The third kappa shape index (κ3) is 27.6. The minimum absolute atomic E-state index is 0.0951. The first kappa shape index (κ1) is 60.8. The van der Waals surface area contributed by atoms with Gasteiger partial charge in [0, 0.05) is 12.8 Å². The summed E-state index contributed by atoms with van der Waals surface area (Å²) in [5.41, 5.74) is 0. The maximum absolute atomic E-state index is 13.0. The van der Waals surface area contributed by atoms with Crippen molar-refractivity contribution in [2.75, 3.05) is 26.4 Å². The molecule has 0 saturated carbocycles. The van der Waals surface area contributed by atoms with Gasteiger partial charge in [0.2, 0.25) is 0 Å². The number of carbonyl (C=O) groups is 2. The van der Waals surface area contributed by atoms with Crippen molar-refractivity contribution in [2.45, 2.75) is 255 Å². The number of aliphatic hydroxyl groups is 7. The van der Waals surface area contributed by atoms with Gasteiger partial charge in [0.1, 0.15) is 55.4 Å². The molecule has 2 aliphatic heterocycles. The van der Waals surface area contributed by atoms with Gasteiger partial charge in [-0.3, -0.25) is 9.59 Å². The molecule has 2 rings (SSSR count). The second kappa shape index (κ2) is 39.4. The number of carbonyl (C=O) groups excluding carboxylic acids is 2. The highest BCUT2D eigenvalue weighted by Crippen LogP contribution is 2.26. The van der Waals surface area contributed by atoms with Gasteiger partial charge in [-0.1, -0.05) is 166 Å². The Morgan fingerprint density at radius 1 is 0.478 bits per heavy atom. The summed E-state index contributed by atoms with van der Waals surface area (Å²) in [6.07, 6.45) is 24.6. The Labute approximate surface area is 402 Å². The predicted molar refractivity (Wildman–Crippen MR) is 257 cm³/mol. The van der Waals surface area contributed by atoms with E-state index < -0.39 is 99.3 Å². The van der Waals surface area contributed by atoms with E-state index in [9.17, 15) is 45.3 Å². The van der Waals surface area contributed by atoms with Crippen LogP contribution in [0.4, 0.5) is 0 Å². The summed E-state index contributed by atoms with van der Waals surface area (Å²) in [6, 6.07) is 0. The van der Waals surface area contributed by atoms with E-state index in [1.165, 1.54) is 103 Å². The summed E-state index contributed by atoms with van der Waals surface area (Å²) in [5, 5.41) is 72.1. The van der Waals surface area contributed by atoms with E-state index in [2.05, 4.69) is 44.2 Å². The molecule has 2 aliphatic rings. The molecular formula is C52H92O15. The molecule has 0 aromatic carbocycles. The molecule has 67 heavy (non-hydrogen) atoms. The summed E-state index contributed by atoms with van der Waals surface area (Å²) >= 11 is 0. The van der Waals surface area contributed by atoms with Crippen molar-refractivity contribution < 1.29 is 73.8 Å². The molecule has 4 unspecified atom stereocenters. The van der Waals surface area contributed by atoms with Crippen LogP contribution in [-0.2, 0) is 38.0 Å². The van der Waals surface area contributed by atoms with Gasteiger partial charge in [-0.25, -0.2) is 0 Å². The zero-order valence-electron chi connectivity index (χ0n) is 41.1. The number of ether oxygens (including phenoxy) is 6. The molecule has 390 valence electrons. The largest absolute Gasteiger partial charge is 0.462 e. The smallest absolute Gasteiger partial charge is 0.306 e. The third-order valence-corrected chi connectivity index (χ3v) is 12.4. The third-order valence-electron chi connectivity index (χ3n) is 12.4. The molecule has 0 amide bonds. The maximum atomic E-state index is 13.0. The Kier molecular flexibility index (Phi) is 35.8. The standard InChI is InChI=1S/C52H92O15/c1-3-5-7-9-11-13-15-17-19-20-21-23-25-27-29-31-33-35-44(55)65-40(37-62-43(54)34-32-30-28-26-24-22-18-16-14-12-10-8-6-4-2)38-63-51-50(61)48(59)46(57)42(67-51)39-64-52-49(60)47(58)45(56)41(36-53)66-52/h17,19,21,23,27,29,40-42,45-53,56-61H,3-16,18,20,22,24-26,28,30-39H2,1-2H3/b19-17+,23-21+,29-27+/t40-,41+,42+,45-,46-,47?,48?,49?,50?,51+,52+/m1/s1. The second-order valence-electron chi connectivity index (χ2n) is 18.4. The molecule has 0 aromatic rings. The molecule has 11 atom stereocenters. The minimum atomic E-state index is -1.77. The quantitative estimate of drug-likeness (QED) is 0.0181. The molecule has 0 aliphatic carbocycles. The van der Waals surface area contributed by atoms with Crippen molar-refractivity contribution >= 4 is 11.9 Å². The van der Waals surface area contributed by atoms with E-state index >= 15 is 0 Å². The maximum Gasteiger partial charge on any atom is 0.306 e. The molecule has 15 heteroatoms. The molecule has 2 fully saturated rings. The van der Waals surface area contributed by atoms with Crippen LogP contribution in [0.15, 0.2) is 36.5 Å². The zero-order chi connectivity index (χ0) is 48.9. The fraction of sp³-hybridized carbons (Fsp3) is 0.846. The predicted octanol–water partition coefficient (Wildman–Crippen LogP) is 7.32. The molecule has 0 aromatic heterocycles. The van der Waals surface area contributed by atoms with E-state index in [0.717, 1.165) is 38.5 Å². The van der Waals surface area contributed by atoms with Crippen LogP contribution in [-0.4, -0.2) is 142 Å². The topological polar surface area (TPSA) is 231 Å². The molecule has 0 spiro atoms. The van der Waals surface area contributed by atoms with E-state index in [1.54, 1.807) is 0 Å². The summed E-state index contributed by atoms with van der Waals surface area (Å²) in [4.78, 5) is 25.7. The van der Waals surface area contributed by atoms with Crippen LogP contribution in [0, 0.1) is 0 Å². The van der Waals surface area contributed by atoms with E-state index in [0.29, 0.717) is 19.3 Å². The molecule has 15 nitrogen and oxygen atoms in total. The fourth-order valence-corrected chi connectivity index (χ4v) is 8.06. The van der Waals surface area contributed by atoms with Gasteiger partial charge in [0.15, 0.2) is 18.7 Å². The average Bonchev–Trinajstić information content (AvgIpc) is 3.32. The second-order valence-corrected chi connectivity index (χ2v) is 18.4. The van der Waals surface area contributed by atoms with E-state index in [4.69, 9.17) is 28.4 Å². The van der Waals surface area contributed by atoms with Crippen LogP contribution in [0.1, 0.15) is 187 Å². The molecule has 7 N–H and O–H groups in total. The Bertz CT molecular complexity index is 1310. The first-order valence-electron chi connectivity index (χ1n) is 26.1. The Morgan fingerprint density at radius 3 is 1.45 bits per heavy atom. The first-order chi connectivity index (χ1) is 32.5. The highest BCUT2D eigenvalue weighted by atomic mass is 16.7. The zero-order valence-corrected chi connectivity index (χ0v) is 41.1. The monoisotopic (exact) mass is 957 g/mol. The van der Waals surface area contributed by atoms with Crippen LogP contribution >= 0.6 is 0 Å². The van der Waals surface area contributed by atoms with Crippen LogP contribution in [0.2, 0.25) is 0 Å². The fourth-order valence-electron chi connectivity index (χ4n) is 8.06. The number of hydrogen-bond donors (Lipinski definition) is 7. The average molecular weight is 957 g/mol. The van der Waals surface area contributed by atoms with E-state index in [1.807, 2.05) is 6.08 Å². The molecular weight excluding hydrogens is 865 g/mol. The van der Waals surface area contributed by atoms with Gasteiger partial charge in [-0.05, 0) is 44.9 Å². The van der Waals surface area contributed by atoms with Gasteiger partial charge in [0.05, 0.1) is 19.8 Å². The van der Waals surface area contributed by atoms with Gasteiger partial charge < -0.3 is 64.2 Å². The normalized spacial score (nSPS) is 26.2. The van der Waals surface area contributed by atoms with Crippen molar-refractivity contribution in [1.82, 2.24) is 0 Å². The first-order valence-corrected chi connectivity index (χ1v) is 26.1. The number of hydrogen-bond acceptors (Lipinski definition) is 15. The Hall–Kier alpha value is -2.28. The van der Waals surface area contributed by atoms with Crippen LogP contribution in [0.25, 0.3) is 0 Å². The molecule has 2 saturated heterocycles. The van der Waals surface area contributed by atoms with Crippen molar-refractivity contribution in [3.63, 3.8) is 0 Å². The van der Waals surface area contributed by atoms with Crippen molar-refractivity contribution in [3.8, 4) is 0 Å². The highest BCUT2D eigenvalue weighted by molar-refractivity contribution is 5.70. The van der Waals surface area contributed by atoms with Crippen molar-refractivity contribution in [2.24, 2.45) is 0 Å². The lowest BCUT2D eigenvalue weighted by molar-refractivity contribution is -0.332. The summed E-state index contributed by atoms with van der Waals surface area (Å²) < 4.78 is 33.5. The molecule has 0 bridgehead atoms. The Balaban J connectivity index is 1.83. The highest BCUT2D eigenvalue weighted by Gasteiger charge is 2.47. The van der Waals surface area contributed by atoms with Gasteiger partial charge >= 0.3 is 11.9 Å². The summed E-state index contributed by atoms with van der Waals surface area (Å²) in [6.45, 7) is 2.54. The number of rotatable bonds is 40. The molecule has 2 heterocycles. The number of unbranched alkanes of at least 4 members (excludes halogenated alkanes) is 20. The number of aliphatic hydroxyl groups excluding tert-OH is 7. The lowest BCUT2D eigenvalue weighted by Gasteiger charge is -2.42. The van der Waals surface area contributed by atoms with Gasteiger partial charge in [-0.2, -0.15) is 0 Å². The van der Waals surface area contributed by atoms with Crippen LogP contribution in [0.5, 0.6) is 0 Å². The lowest BCUT2D eigenvalue weighted by Crippen LogP contribution is -2.61. The van der Waals surface area contributed by atoms with Crippen LogP contribution < -0.4 is 0 Å². The Morgan fingerprint density at radius 2 is 0.910 bits per heavy atom. The van der Waals surface area contributed by atoms with Gasteiger partial charge in [-0.15, -0.1) is 0 Å². The van der Waals surface area contributed by atoms with Crippen LogP contribution in [0.3, 0.4) is 0 Å². The van der Waals surface area contributed by atoms with Crippen molar-refractivity contribution in [3.05, 3.63) is 36.5 Å². The lowest BCUT2D eigenvalue weighted by atomic mass is 9.98. The SMILES string of the molecule is CCCCCCCC/C=C/C/C=C/C/C=C/CCCC(=O)O[C@H](COC(=O)CCCCCCCCCCCCCCCC)CO[C@H]1O[C@@H](CO[C@H]2O[C@@H](CO)[C@@H](O)C(O)C2O)[C@@H](O)C(O)C1O. The minimum Gasteiger partial charge on any atom is -0.462 e. The number of allylic oxidation sites excluding steroid dienone is 6. The van der Waals surface area contributed by atoms with Gasteiger partial charge in [0.25, 0.3) is 0 Å².